The predicted octanol–water partition coefficient (Wildman–Crippen LogP) is 6.19. The van der Waals surface area contributed by atoms with Crippen LogP contribution in [0.4, 0.5) is 11.4 Å². The van der Waals surface area contributed by atoms with E-state index in [0.29, 0.717) is 84.9 Å². The number of hydrogen-bond acceptors (Lipinski definition) is 11. The van der Waals surface area contributed by atoms with Crippen LogP contribution in [0.1, 0.15) is 62.5 Å². The van der Waals surface area contributed by atoms with E-state index < -0.39 is 12.1 Å². The first-order valence-electron chi connectivity index (χ1n) is 24.5. The quantitative estimate of drug-likeness (QED) is 0.0660. The Morgan fingerprint density at radius 1 is 0.718 bits per heavy atom. The van der Waals surface area contributed by atoms with Gasteiger partial charge in [-0.15, -0.1) is 0 Å². The van der Waals surface area contributed by atoms with Crippen LogP contribution in [0.2, 0.25) is 0 Å². The monoisotopic (exact) mass is 967 g/mol. The lowest BCUT2D eigenvalue weighted by Crippen LogP contribution is -2.50. The van der Waals surface area contributed by atoms with Crippen molar-refractivity contribution < 1.29 is 38.0 Å². The number of nitrogens with one attached hydrogen (secondary N) is 2. The third-order valence-corrected chi connectivity index (χ3v) is 14.2. The fourth-order valence-corrected chi connectivity index (χ4v) is 9.92. The minimum atomic E-state index is -0.765. The molecule has 4 unspecified atom stereocenters. The van der Waals surface area contributed by atoms with Gasteiger partial charge in [0, 0.05) is 69.2 Å². The van der Waals surface area contributed by atoms with Gasteiger partial charge < -0.3 is 64.7 Å². The Balaban J connectivity index is 0.788. The van der Waals surface area contributed by atoms with Crippen molar-refractivity contribution in [3.8, 4) is 23.0 Å². The SMILES string of the molecule is COc1c(OCCCOc2cn3c(c2OC)C=[N+]([O-])C2=CC=C(c4ccc(N5CCN(C)CC5)cc4)CC2C3)cn2c1C=[N+]([O-])C1=CC=C(c3ccc(NC(=O)C(C)NC(=O)C(N)C(C)C)cc3)CC1C2. The highest BCUT2D eigenvalue weighted by molar-refractivity contribution is 5.97. The number of benzene rings is 2. The molecule has 2 aromatic heterocycles. The molecule has 0 bridgehead atoms. The van der Waals surface area contributed by atoms with E-state index in [4.69, 9.17) is 24.7 Å². The molecule has 3 aliphatic heterocycles. The number of fused-ring (bicyclic) bond motifs is 4. The number of likely N-dealkylation sites (N-methyl/N-ethyl adjacent to an activating group) is 1. The zero-order chi connectivity index (χ0) is 49.9. The van der Waals surface area contributed by atoms with Gasteiger partial charge in [0.25, 0.3) is 0 Å². The van der Waals surface area contributed by atoms with Gasteiger partial charge in [0.15, 0.2) is 45.8 Å². The second-order valence-corrected chi connectivity index (χ2v) is 19.4. The summed E-state index contributed by atoms with van der Waals surface area (Å²) in [6, 6.07) is 14.9. The number of carbonyl (C=O) groups is 2. The summed E-state index contributed by atoms with van der Waals surface area (Å²) in [7, 11) is 5.32. The number of aromatic nitrogens is 2. The summed E-state index contributed by atoms with van der Waals surface area (Å²) in [5.41, 5.74) is 14.8. The first kappa shape index (κ1) is 48.8. The van der Waals surface area contributed by atoms with E-state index >= 15 is 0 Å². The maximum Gasteiger partial charge on any atom is 0.246 e. The molecule has 4 aromatic rings. The lowest BCUT2D eigenvalue weighted by atomic mass is 9.87. The van der Waals surface area contributed by atoms with E-state index in [2.05, 4.69) is 62.4 Å². The molecule has 71 heavy (non-hydrogen) atoms. The fourth-order valence-electron chi connectivity index (χ4n) is 9.92. The van der Waals surface area contributed by atoms with Crippen LogP contribution in [0, 0.1) is 28.2 Å². The van der Waals surface area contributed by atoms with Crippen molar-refractivity contribution in [2.45, 2.75) is 65.2 Å². The Kier molecular flexibility index (Phi) is 14.4. The summed E-state index contributed by atoms with van der Waals surface area (Å²) in [4.78, 5) is 30.0. The topological polar surface area (TPSA) is 190 Å². The van der Waals surface area contributed by atoms with Crippen molar-refractivity contribution in [1.29, 1.82) is 0 Å². The molecule has 1 saturated heterocycles. The molecule has 2 aliphatic carbocycles. The maximum atomic E-state index is 13.6. The normalized spacial score (nSPS) is 19.6. The molecule has 0 spiro atoms. The van der Waals surface area contributed by atoms with E-state index in [0.717, 1.165) is 64.5 Å². The molecule has 2 aromatic carbocycles. The number of methoxy groups -OCH3 is 2. The van der Waals surface area contributed by atoms with E-state index in [-0.39, 0.29) is 29.6 Å². The van der Waals surface area contributed by atoms with Gasteiger partial charge in [0.05, 0.1) is 57.7 Å². The van der Waals surface area contributed by atoms with Gasteiger partial charge in [-0.05, 0) is 79.3 Å². The summed E-state index contributed by atoms with van der Waals surface area (Å²) in [6.07, 6.45) is 16.7. The van der Waals surface area contributed by atoms with Crippen LogP contribution in [0.15, 0.2) is 96.6 Å². The molecule has 5 heterocycles. The number of hydroxylamine groups is 2. The van der Waals surface area contributed by atoms with Crippen molar-refractivity contribution >= 4 is 46.8 Å². The van der Waals surface area contributed by atoms with Crippen LogP contribution in [0.3, 0.4) is 0 Å². The molecule has 4 atom stereocenters. The van der Waals surface area contributed by atoms with Crippen LogP contribution in [-0.2, 0) is 22.7 Å². The number of piperazine rings is 1. The van der Waals surface area contributed by atoms with Gasteiger partial charge in [0.2, 0.25) is 24.2 Å². The van der Waals surface area contributed by atoms with E-state index in [1.54, 1.807) is 27.4 Å². The largest absolute Gasteiger partial charge is 0.618 e. The predicted molar refractivity (Wildman–Crippen MR) is 275 cm³/mol. The summed E-state index contributed by atoms with van der Waals surface area (Å²) >= 11 is 0. The average molecular weight is 968 g/mol. The van der Waals surface area contributed by atoms with Crippen molar-refractivity contribution in [2.75, 3.05) is 70.9 Å². The van der Waals surface area contributed by atoms with Crippen LogP contribution in [0.5, 0.6) is 23.0 Å². The molecule has 9 rings (SSSR count). The molecule has 374 valence electrons. The molecule has 4 N–H and O–H groups in total. The maximum absolute atomic E-state index is 13.6. The third-order valence-electron chi connectivity index (χ3n) is 14.2. The molecule has 1 fully saturated rings. The summed E-state index contributed by atoms with van der Waals surface area (Å²) in [5, 5.41) is 32.7. The van der Waals surface area contributed by atoms with Crippen LogP contribution in [-0.4, -0.2) is 120 Å². The van der Waals surface area contributed by atoms with Crippen molar-refractivity contribution in [3.05, 3.63) is 130 Å². The molecular weight excluding hydrogens is 903 g/mol. The fraction of sp³-hybridized carbons (Fsp3) is 0.407. The Labute approximate surface area is 415 Å². The van der Waals surface area contributed by atoms with Gasteiger partial charge in [-0.3, -0.25) is 9.59 Å². The first-order valence-corrected chi connectivity index (χ1v) is 24.5. The number of anilines is 2. The zero-order valence-corrected chi connectivity index (χ0v) is 41.4. The lowest BCUT2D eigenvalue weighted by Gasteiger charge is -2.34. The second-order valence-electron chi connectivity index (χ2n) is 19.4. The molecule has 17 heteroatoms. The van der Waals surface area contributed by atoms with Crippen molar-refractivity contribution in [2.24, 2.45) is 23.5 Å². The average Bonchev–Trinajstić information content (AvgIpc) is 3.77. The van der Waals surface area contributed by atoms with Crippen molar-refractivity contribution in [3.63, 3.8) is 0 Å². The number of nitrogens with two attached hydrogens (primary N) is 1. The number of carbonyl (C=O) groups excluding carboxylic acids is 2. The van der Waals surface area contributed by atoms with E-state index in [1.807, 2.05) is 73.3 Å². The van der Waals surface area contributed by atoms with Gasteiger partial charge in [-0.2, -0.15) is 9.48 Å². The van der Waals surface area contributed by atoms with E-state index in [1.165, 1.54) is 17.5 Å². The van der Waals surface area contributed by atoms with Crippen LogP contribution < -0.4 is 40.2 Å². The standard InChI is InChI=1S/C54H65N9O8/c1-34(2)50(55)54(65)56-35(3)53(64)57-42-14-8-36(9-15-42)38-12-18-44-40(26-38)28-60-32-48(51(68-5)46(60)30-62(44)66)70-24-7-25-71-49-33-61-29-41-27-39(13-19-45(41)63(67)31-47(61)52(49)69-6)37-10-16-43(17-11-37)59-22-20-58(4)21-23-59/h8-19,30-35,40-41,50H,7,20-29,55H2,1-6H3,(H,56,65)(H,57,64). The molecule has 0 radical (unpaired) electrons. The minimum Gasteiger partial charge on any atom is -0.618 e. The Morgan fingerprint density at radius 2 is 1.21 bits per heavy atom. The number of rotatable bonds is 16. The Morgan fingerprint density at radius 3 is 1.69 bits per heavy atom. The number of amides is 2. The van der Waals surface area contributed by atoms with Crippen LogP contribution in [0.25, 0.3) is 11.1 Å². The summed E-state index contributed by atoms with van der Waals surface area (Å²) < 4.78 is 30.1. The highest BCUT2D eigenvalue weighted by Crippen LogP contribution is 2.41. The number of nitrogens with zero attached hydrogens (tertiary/aromatic N) is 6. The molecular formula is C54H65N9O8. The smallest absolute Gasteiger partial charge is 0.246 e. The Hall–Kier alpha value is -7.24. The molecule has 2 amide bonds. The minimum absolute atomic E-state index is 0.0355. The van der Waals surface area contributed by atoms with E-state index in [9.17, 15) is 20.0 Å². The van der Waals surface area contributed by atoms with Gasteiger partial charge in [0.1, 0.15) is 6.04 Å². The molecule has 0 saturated carbocycles. The molecule has 5 aliphatic rings. The van der Waals surface area contributed by atoms with Crippen LogP contribution >= 0.6 is 0 Å². The lowest BCUT2D eigenvalue weighted by molar-refractivity contribution is -0.404. The summed E-state index contributed by atoms with van der Waals surface area (Å²) in [6.45, 7) is 11.2. The first-order chi connectivity index (χ1) is 34.3. The van der Waals surface area contributed by atoms with Gasteiger partial charge in [-0.1, -0.05) is 50.3 Å². The number of hydrogen-bond donors (Lipinski definition) is 3. The van der Waals surface area contributed by atoms with Crippen molar-refractivity contribution in [1.82, 2.24) is 19.4 Å². The Bertz CT molecular complexity index is 2830. The highest BCUT2D eigenvalue weighted by Gasteiger charge is 2.35. The zero-order valence-electron chi connectivity index (χ0n) is 41.4. The third kappa shape index (κ3) is 10.5. The summed E-state index contributed by atoms with van der Waals surface area (Å²) in [5.74, 6) is 1.11. The van der Waals surface area contributed by atoms with Gasteiger partial charge >= 0.3 is 0 Å². The van der Waals surface area contributed by atoms with Gasteiger partial charge in [-0.25, -0.2) is 0 Å². The molecule has 17 nitrogen and oxygen atoms in total. The number of ether oxygens (including phenoxy) is 4. The second kappa shape index (κ2) is 21.0. The number of allylic oxidation sites excluding steroid dienone is 8. The highest BCUT2D eigenvalue weighted by atomic mass is 16.5.